The first kappa shape index (κ1) is 41.3. The molecule has 0 unspecified atom stereocenters. The fourth-order valence-corrected chi connectivity index (χ4v) is 7.41. The number of hydrogen-bond donors (Lipinski definition) is 0. The molecule has 0 atom stereocenters. The molecule has 0 saturated carbocycles. The highest BCUT2D eigenvalue weighted by Gasteiger charge is 2.16. The predicted octanol–water partition coefficient (Wildman–Crippen LogP) is 16.3. The van der Waals surface area contributed by atoms with Gasteiger partial charge in [-0.25, -0.2) is 0 Å². The van der Waals surface area contributed by atoms with Gasteiger partial charge in [0, 0.05) is 34.1 Å². The Kier molecular flexibility index (Phi) is 13.3. The van der Waals surface area contributed by atoms with Gasteiger partial charge >= 0.3 is 0 Å². The standard InChI is InChI=1S/C56H58N2/c1-11-12-55(45(9)35-39(2)3)57(51-26-13-40(4)14-27-51)53-30-20-47(21-31-53)18-24-49-37-44(8)50(38-43(49)7)25-19-48-22-32-54(33-23-48)58(52-28-15-41(5)16-29-52)56-34-17-42(6)36-46(56)10/h11-38H,1-10H3/b12-11-,24-18?,25-19?,55-45+. The summed E-state index contributed by atoms with van der Waals surface area (Å²) in [4.78, 5) is 4.70. The van der Waals surface area contributed by atoms with Crippen molar-refractivity contribution >= 4 is 52.7 Å². The van der Waals surface area contributed by atoms with Crippen molar-refractivity contribution in [2.45, 2.75) is 69.2 Å². The first-order valence-corrected chi connectivity index (χ1v) is 20.4. The van der Waals surface area contributed by atoms with Crippen LogP contribution >= 0.6 is 0 Å². The highest BCUT2D eigenvalue weighted by molar-refractivity contribution is 5.81. The first-order chi connectivity index (χ1) is 27.9. The molecule has 0 saturated heterocycles. The van der Waals surface area contributed by atoms with Crippen LogP contribution in [0.3, 0.4) is 0 Å². The van der Waals surface area contributed by atoms with Crippen molar-refractivity contribution in [3.8, 4) is 0 Å². The van der Waals surface area contributed by atoms with Crippen LogP contribution in [0.15, 0.2) is 162 Å². The summed E-state index contributed by atoms with van der Waals surface area (Å²) in [7, 11) is 0. The summed E-state index contributed by atoms with van der Waals surface area (Å²) in [5.41, 5.74) is 21.7. The Morgan fingerprint density at radius 1 is 0.448 bits per heavy atom. The van der Waals surface area contributed by atoms with E-state index in [4.69, 9.17) is 0 Å². The maximum absolute atomic E-state index is 2.35. The van der Waals surface area contributed by atoms with Gasteiger partial charge in [0.1, 0.15) is 0 Å². The number of rotatable bonds is 12. The van der Waals surface area contributed by atoms with E-state index in [9.17, 15) is 0 Å². The second-order valence-corrected chi connectivity index (χ2v) is 15.8. The zero-order chi connectivity index (χ0) is 41.3. The van der Waals surface area contributed by atoms with Gasteiger partial charge in [0.25, 0.3) is 0 Å². The predicted molar refractivity (Wildman–Crippen MR) is 256 cm³/mol. The van der Waals surface area contributed by atoms with Crippen LogP contribution in [0.25, 0.3) is 24.3 Å². The van der Waals surface area contributed by atoms with Gasteiger partial charge in [0.15, 0.2) is 0 Å². The lowest BCUT2D eigenvalue weighted by atomic mass is 9.98. The minimum absolute atomic E-state index is 1.12. The molecule has 58 heavy (non-hydrogen) atoms. The van der Waals surface area contributed by atoms with E-state index >= 15 is 0 Å². The van der Waals surface area contributed by atoms with Gasteiger partial charge in [-0.1, -0.05) is 132 Å². The van der Waals surface area contributed by atoms with Gasteiger partial charge in [0.05, 0.1) is 0 Å². The van der Waals surface area contributed by atoms with Crippen LogP contribution in [0.5, 0.6) is 0 Å². The topological polar surface area (TPSA) is 6.48 Å². The molecule has 0 radical (unpaired) electrons. The third-order valence-corrected chi connectivity index (χ3v) is 10.5. The number of benzene rings is 6. The van der Waals surface area contributed by atoms with Crippen LogP contribution in [-0.2, 0) is 0 Å². The van der Waals surface area contributed by atoms with Crippen molar-refractivity contribution in [1.82, 2.24) is 0 Å². The maximum atomic E-state index is 2.35. The van der Waals surface area contributed by atoms with Gasteiger partial charge in [0.2, 0.25) is 0 Å². The average Bonchev–Trinajstić information content (AvgIpc) is 3.20. The molecule has 0 bridgehead atoms. The van der Waals surface area contributed by atoms with Crippen LogP contribution in [0, 0.1) is 41.5 Å². The van der Waals surface area contributed by atoms with Gasteiger partial charge < -0.3 is 9.80 Å². The zero-order valence-corrected chi connectivity index (χ0v) is 36.1. The van der Waals surface area contributed by atoms with Gasteiger partial charge in [-0.3, -0.25) is 0 Å². The Hall–Kier alpha value is -6.38. The second-order valence-electron chi connectivity index (χ2n) is 15.8. The molecule has 0 aliphatic rings. The smallest absolute Gasteiger partial charge is 0.0490 e. The molecule has 0 aliphatic heterocycles. The van der Waals surface area contributed by atoms with Crippen LogP contribution in [0.4, 0.5) is 28.4 Å². The molecule has 6 rings (SSSR count). The Morgan fingerprint density at radius 2 is 0.879 bits per heavy atom. The Bertz CT molecular complexity index is 2500. The average molecular weight is 759 g/mol. The van der Waals surface area contributed by atoms with Crippen molar-refractivity contribution in [2.75, 3.05) is 9.80 Å². The van der Waals surface area contributed by atoms with Crippen molar-refractivity contribution in [1.29, 1.82) is 0 Å². The molecular weight excluding hydrogens is 701 g/mol. The van der Waals surface area contributed by atoms with Crippen LogP contribution in [0.2, 0.25) is 0 Å². The minimum atomic E-state index is 1.12. The number of hydrogen-bond acceptors (Lipinski definition) is 2. The lowest BCUT2D eigenvalue weighted by Gasteiger charge is -2.28. The summed E-state index contributed by atoms with van der Waals surface area (Å²) in [6.45, 7) is 21.6. The largest absolute Gasteiger partial charge is 0.310 e. The van der Waals surface area contributed by atoms with Crippen molar-refractivity contribution in [3.05, 3.63) is 218 Å². The normalized spacial score (nSPS) is 12.0. The number of allylic oxidation sites excluding steroid dienone is 5. The molecule has 2 nitrogen and oxygen atoms in total. The van der Waals surface area contributed by atoms with Crippen molar-refractivity contribution < 1.29 is 0 Å². The number of nitrogens with zero attached hydrogens (tertiary/aromatic N) is 2. The molecule has 0 heterocycles. The van der Waals surface area contributed by atoms with E-state index in [1.54, 1.807) is 0 Å². The molecule has 0 aromatic heterocycles. The zero-order valence-electron chi connectivity index (χ0n) is 36.1. The van der Waals surface area contributed by atoms with E-state index in [1.807, 2.05) is 0 Å². The fourth-order valence-electron chi connectivity index (χ4n) is 7.41. The van der Waals surface area contributed by atoms with E-state index in [0.717, 1.165) is 34.0 Å². The highest BCUT2D eigenvalue weighted by Crippen LogP contribution is 2.37. The summed E-state index contributed by atoms with van der Waals surface area (Å²) < 4.78 is 0. The second kappa shape index (κ2) is 18.7. The van der Waals surface area contributed by atoms with Crippen molar-refractivity contribution in [2.24, 2.45) is 0 Å². The molecule has 6 aromatic carbocycles. The van der Waals surface area contributed by atoms with Crippen LogP contribution in [0.1, 0.15) is 83.3 Å². The first-order valence-electron chi connectivity index (χ1n) is 20.4. The summed E-state index contributed by atoms with van der Waals surface area (Å²) in [5.74, 6) is 0. The summed E-state index contributed by atoms with van der Waals surface area (Å²) in [5, 5.41) is 0. The molecule has 292 valence electrons. The lowest BCUT2D eigenvalue weighted by molar-refractivity contribution is 1.16. The quantitative estimate of drug-likeness (QED) is 0.0906. The van der Waals surface area contributed by atoms with Crippen LogP contribution in [-0.4, -0.2) is 0 Å². The fraction of sp³-hybridized carbons (Fsp3) is 0.179. The molecule has 0 aliphatic carbocycles. The summed E-state index contributed by atoms with van der Waals surface area (Å²) >= 11 is 0. The van der Waals surface area contributed by atoms with E-state index in [2.05, 4.69) is 249 Å². The molecule has 0 fully saturated rings. The Morgan fingerprint density at radius 3 is 1.33 bits per heavy atom. The minimum Gasteiger partial charge on any atom is -0.310 e. The molecule has 0 amide bonds. The SMILES string of the molecule is C/C=C\C(=C(\C)C=C(C)C)N(c1ccc(C)cc1)c1ccc(C=Cc2cc(C)c(C=Cc3ccc(N(c4ccc(C)cc4)c4ccc(C)cc4C)cc3)cc2C)cc1. The molecule has 0 spiro atoms. The molecular formula is C56H58N2. The van der Waals surface area contributed by atoms with E-state index in [-0.39, 0.29) is 0 Å². The van der Waals surface area contributed by atoms with E-state index < -0.39 is 0 Å². The van der Waals surface area contributed by atoms with Crippen molar-refractivity contribution in [3.63, 3.8) is 0 Å². The monoisotopic (exact) mass is 758 g/mol. The molecule has 0 N–H and O–H groups in total. The Labute approximate surface area is 348 Å². The Balaban J connectivity index is 1.21. The molecule has 2 heteroatoms. The lowest BCUT2D eigenvalue weighted by Crippen LogP contribution is -2.16. The number of aryl methyl sites for hydroxylation is 6. The van der Waals surface area contributed by atoms with Gasteiger partial charge in [-0.05, 0) is 174 Å². The van der Waals surface area contributed by atoms with Crippen LogP contribution < -0.4 is 9.80 Å². The number of anilines is 5. The highest BCUT2D eigenvalue weighted by atomic mass is 15.2. The van der Waals surface area contributed by atoms with Gasteiger partial charge in [-0.15, -0.1) is 0 Å². The van der Waals surface area contributed by atoms with E-state index in [0.29, 0.717) is 0 Å². The molecule has 6 aromatic rings. The third-order valence-electron chi connectivity index (χ3n) is 10.5. The summed E-state index contributed by atoms with van der Waals surface area (Å²) in [6, 6.07) is 46.5. The maximum Gasteiger partial charge on any atom is 0.0490 e. The van der Waals surface area contributed by atoms with Gasteiger partial charge in [-0.2, -0.15) is 0 Å². The van der Waals surface area contributed by atoms with E-state index in [1.165, 1.54) is 66.9 Å². The third kappa shape index (κ3) is 10.1. The summed E-state index contributed by atoms with van der Waals surface area (Å²) in [6.07, 6.45) is 15.5.